The van der Waals surface area contributed by atoms with Gasteiger partial charge in [-0.15, -0.1) is 5.10 Å². The number of nitrogens with two attached hydrogens (primary N) is 1. The normalized spacial score (nSPS) is 15.6. The van der Waals surface area contributed by atoms with E-state index in [0.717, 1.165) is 25.1 Å². The summed E-state index contributed by atoms with van der Waals surface area (Å²) in [5.74, 6) is 0.892. The Morgan fingerprint density at radius 1 is 1.29 bits per heavy atom. The largest absolute Gasteiger partial charge is 0.394 e. The molecular formula is C22H30FN9O2. The summed E-state index contributed by atoms with van der Waals surface area (Å²) in [5, 5.41) is 16.8. The van der Waals surface area contributed by atoms with E-state index in [1.54, 1.807) is 12.1 Å². The Morgan fingerprint density at radius 3 is 2.88 bits per heavy atom. The van der Waals surface area contributed by atoms with Crippen molar-refractivity contribution in [3.05, 3.63) is 36.4 Å². The maximum atomic E-state index is 14.9. The van der Waals surface area contributed by atoms with Crippen molar-refractivity contribution >= 4 is 29.1 Å². The number of benzene rings is 1. The Labute approximate surface area is 197 Å². The zero-order valence-electron chi connectivity index (χ0n) is 19.4. The van der Waals surface area contributed by atoms with Gasteiger partial charge in [-0.2, -0.15) is 9.67 Å². The standard InChI is InChI=1S/C22H30FN9O2/c1-3-34-10-9-30(2)15-6-7-18(17(23)11-15)27-22-28-21(24)29-32(22)20-12-19(25-14-26-20)31-8-4-5-16(31)13-33/h6-7,11-12,14,16,33H,3-5,8-10,13H2,1-2H3,(H3,24,27,28,29)/t16-/m1/s1. The number of rotatable bonds is 10. The molecule has 3 aromatic rings. The van der Waals surface area contributed by atoms with E-state index < -0.39 is 5.82 Å². The molecule has 1 fully saturated rings. The maximum absolute atomic E-state index is 14.9. The molecule has 182 valence electrons. The second kappa shape index (κ2) is 10.6. The van der Waals surface area contributed by atoms with Gasteiger partial charge in [0, 0.05) is 38.5 Å². The number of anilines is 5. The number of halogens is 1. The lowest BCUT2D eigenvalue weighted by molar-refractivity contribution is 0.154. The third-order valence-corrected chi connectivity index (χ3v) is 5.78. The fraction of sp³-hybridized carbons (Fsp3) is 0.455. The van der Waals surface area contributed by atoms with Gasteiger partial charge < -0.3 is 30.7 Å². The number of nitrogens with zero attached hydrogens (tertiary/aromatic N) is 7. The fourth-order valence-corrected chi connectivity index (χ4v) is 3.94. The minimum atomic E-state index is -0.444. The molecule has 1 saturated heterocycles. The molecule has 4 rings (SSSR count). The van der Waals surface area contributed by atoms with E-state index in [1.807, 2.05) is 29.8 Å². The first kappa shape index (κ1) is 23.6. The molecule has 0 radical (unpaired) electrons. The summed E-state index contributed by atoms with van der Waals surface area (Å²) >= 11 is 0. The number of nitrogens with one attached hydrogen (secondary N) is 1. The topological polar surface area (TPSA) is 130 Å². The van der Waals surface area contributed by atoms with Crippen molar-refractivity contribution in [2.24, 2.45) is 0 Å². The summed E-state index contributed by atoms with van der Waals surface area (Å²) < 4.78 is 21.7. The van der Waals surface area contributed by atoms with Crippen molar-refractivity contribution in [1.82, 2.24) is 24.7 Å². The first-order valence-electron chi connectivity index (χ1n) is 11.3. The Hall–Kier alpha value is -3.51. The fourth-order valence-electron chi connectivity index (χ4n) is 3.94. The van der Waals surface area contributed by atoms with Gasteiger partial charge in [0.15, 0.2) is 5.82 Å². The third kappa shape index (κ3) is 5.18. The average Bonchev–Trinajstić information content (AvgIpc) is 3.46. The van der Waals surface area contributed by atoms with Gasteiger partial charge in [0.1, 0.15) is 18.0 Å². The van der Waals surface area contributed by atoms with E-state index in [-0.39, 0.29) is 30.2 Å². The number of hydrogen-bond donors (Lipinski definition) is 3. The van der Waals surface area contributed by atoms with Gasteiger partial charge in [-0.05, 0) is 38.0 Å². The Morgan fingerprint density at radius 2 is 2.12 bits per heavy atom. The monoisotopic (exact) mass is 471 g/mol. The van der Waals surface area contributed by atoms with Gasteiger partial charge in [0.05, 0.1) is 24.9 Å². The number of aliphatic hydroxyl groups is 1. The molecule has 3 heterocycles. The van der Waals surface area contributed by atoms with E-state index in [0.29, 0.717) is 31.4 Å². The summed E-state index contributed by atoms with van der Waals surface area (Å²) in [6.07, 6.45) is 3.30. The van der Waals surface area contributed by atoms with Crippen LogP contribution in [0.4, 0.5) is 33.5 Å². The molecular weight excluding hydrogens is 441 g/mol. The van der Waals surface area contributed by atoms with Crippen molar-refractivity contribution in [3.8, 4) is 5.82 Å². The van der Waals surface area contributed by atoms with Crippen LogP contribution >= 0.6 is 0 Å². The van der Waals surface area contributed by atoms with Crippen molar-refractivity contribution < 1.29 is 14.2 Å². The van der Waals surface area contributed by atoms with Crippen LogP contribution in [0.2, 0.25) is 0 Å². The highest BCUT2D eigenvalue weighted by Crippen LogP contribution is 2.27. The van der Waals surface area contributed by atoms with Crippen LogP contribution < -0.4 is 20.9 Å². The van der Waals surface area contributed by atoms with Gasteiger partial charge in [0.2, 0.25) is 11.9 Å². The summed E-state index contributed by atoms with van der Waals surface area (Å²) in [6.45, 7) is 4.64. The molecule has 1 aliphatic heterocycles. The number of aromatic nitrogens is 5. The lowest BCUT2D eigenvalue weighted by atomic mass is 10.2. The summed E-state index contributed by atoms with van der Waals surface area (Å²) in [6, 6.07) is 6.66. The van der Waals surface area contributed by atoms with E-state index in [9.17, 15) is 9.50 Å². The quantitative estimate of drug-likeness (QED) is 0.377. The first-order valence-corrected chi connectivity index (χ1v) is 11.3. The highest BCUT2D eigenvalue weighted by Gasteiger charge is 2.25. The molecule has 1 aliphatic rings. The third-order valence-electron chi connectivity index (χ3n) is 5.78. The van der Waals surface area contributed by atoms with E-state index in [2.05, 4.69) is 25.4 Å². The van der Waals surface area contributed by atoms with E-state index >= 15 is 0 Å². The average molecular weight is 472 g/mol. The van der Waals surface area contributed by atoms with Crippen LogP contribution in [0.3, 0.4) is 0 Å². The number of aliphatic hydroxyl groups excluding tert-OH is 1. The SMILES string of the molecule is CCOCCN(C)c1ccc(Nc2nc(N)nn2-c2cc(N3CCC[C@@H]3CO)ncn2)c(F)c1. The van der Waals surface area contributed by atoms with Crippen LogP contribution in [0.5, 0.6) is 0 Å². The minimum absolute atomic E-state index is 0.0143. The predicted molar refractivity (Wildman–Crippen MR) is 128 cm³/mol. The van der Waals surface area contributed by atoms with Gasteiger partial charge in [-0.3, -0.25) is 0 Å². The molecule has 2 aromatic heterocycles. The molecule has 1 aromatic carbocycles. The van der Waals surface area contributed by atoms with Crippen LogP contribution in [0, 0.1) is 5.82 Å². The summed E-state index contributed by atoms with van der Waals surface area (Å²) in [5.41, 5.74) is 6.81. The maximum Gasteiger partial charge on any atom is 0.241 e. The van der Waals surface area contributed by atoms with Gasteiger partial charge in [0.25, 0.3) is 0 Å². The van der Waals surface area contributed by atoms with E-state index in [1.165, 1.54) is 17.1 Å². The number of hydrogen-bond acceptors (Lipinski definition) is 10. The van der Waals surface area contributed by atoms with Gasteiger partial charge in [-0.25, -0.2) is 14.4 Å². The molecule has 0 amide bonds. The summed E-state index contributed by atoms with van der Waals surface area (Å²) in [7, 11) is 1.88. The predicted octanol–water partition coefficient (Wildman–Crippen LogP) is 1.96. The molecule has 0 unspecified atom stereocenters. The highest BCUT2D eigenvalue weighted by molar-refractivity contribution is 5.62. The molecule has 12 heteroatoms. The van der Waals surface area contributed by atoms with Crippen LogP contribution in [0.1, 0.15) is 19.8 Å². The van der Waals surface area contributed by atoms with Crippen molar-refractivity contribution in [2.45, 2.75) is 25.8 Å². The van der Waals surface area contributed by atoms with Crippen LogP contribution in [0.15, 0.2) is 30.6 Å². The lowest BCUT2D eigenvalue weighted by Gasteiger charge is -2.24. The van der Waals surface area contributed by atoms with Gasteiger partial charge >= 0.3 is 0 Å². The molecule has 0 bridgehead atoms. The molecule has 4 N–H and O–H groups in total. The Balaban J connectivity index is 1.55. The van der Waals surface area contributed by atoms with Crippen molar-refractivity contribution in [3.63, 3.8) is 0 Å². The highest BCUT2D eigenvalue weighted by atomic mass is 19.1. The second-order valence-corrected chi connectivity index (χ2v) is 8.02. The number of ether oxygens (including phenoxy) is 1. The van der Waals surface area contributed by atoms with E-state index in [4.69, 9.17) is 10.5 Å². The van der Waals surface area contributed by atoms with Crippen LogP contribution in [0.25, 0.3) is 5.82 Å². The zero-order valence-corrected chi connectivity index (χ0v) is 19.4. The molecule has 11 nitrogen and oxygen atoms in total. The molecule has 0 aliphatic carbocycles. The lowest BCUT2D eigenvalue weighted by Crippen LogP contribution is -2.32. The van der Waals surface area contributed by atoms with Crippen LogP contribution in [-0.2, 0) is 4.74 Å². The Kier molecular flexibility index (Phi) is 7.38. The summed E-state index contributed by atoms with van der Waals surface area (Å²) in [4.78, 5) is 16.8. The molecule has 34 heavy (non-hydrogen) atoms. The minimum Gasteiger partial charge on any atom is -0.394 e. The van der Waals surface area contributed by atoms with Crippen molar-refractivity contribution in [2.75, 3.05) is 60.8 Å². The molecule has 0 spiro atoms. The second-order valence-electron chi connectivity index (χ2n) is 8.02. The molecule has 0 saturated carbocycles. The molecule has 1 atom stereocenters. The smallest absolute Gasteiger partial charge is 0.241 e. The first-order chi connectivity index (χ1) is 16.5. The Bertz CT molecular complexity index is 1110. The number of likely N-dealkylation sites (N-methyl/N-ethyl adjacent to an activating group) is 1. The van der Waals surface area contributed by atoms with Crippen molar-refractivity contribution in [1.29, 1.82) is 0 Å². The van der Waals surface area contributed by atoms with Gasteiger partial charge in [-0.1, -0.05) is 0 Å². The number of nitrogen functional groups attached to an aromatic ring is 1. The zero-order chi connectivity index (χ0) is 24.1. The van der Waals surface area contributed by atoms with Crippen LogP contribution in [-0.4, -0.2) is 75.8 Å².